The van der Waals surface area contributed by atoms with Crippen LogP contribution in [0, 0.1) is 5.92 Å². The third kappa shape index (κ3) is 2.35. The van der Waals surface area contributed by atoms with Gasteiger partial charge in [0.1, 0.15) is 5.54 Å². The minimum Gasteiger partial charge on any atom is -0.323 e. The highest BCUT2D eigenvalue weighted by molar-refractivity contribution is 6.07. The maximum Gasteiger partial charge on any atom is 0.350 e. The third-order valence-corrected chi connectivity index (χ3v) is 5.53. The first kappa shape index (κ1) is 15.9. The molecular formula is C17H21N5O3. The molecule has 0 bridgehead atoms. The molecular weight excluding hydrogens is 322 g/mol. The Kier molecular flexibility index (Phi) is 3.63. The standard InChI is InChI=1S/C17H21N5O3/c1-12-6-2-4-8-17(12)14(23)21(15(24)18-17)10-11-22-16(25)20-9-5-3-7-13(20)19-22/h3,5,7,9,12H,2,4,6,8,10-11H2,1H3,(H,18,24)/t12-,17-/m0/s1. The Hall–Kier alpha value is -2.64. The topological polar surface area (TPSA) is 88.7 Å². The van der Waals surface area contributed by atoms with E-state index in [4.69, 9.17) is 0 Å². The molecule has 25 heavy (non-hydrogen) atoms. The number of nitrogens with one attached hydrogen (secondary N) is 1. The fraction of sp³-hybridized carbons (Fsp3) is 0.529. The Morgan fingerprint density at radius 1 is 1.24 bits per heavy atom. The SMILES string of the molecule is C[C@H]1CCCC[C@]12NC(=O)N(CCn1nc3ccccn3c1=O)C2=O. The number of imide groups is 1. The van der Waals surface area contributed by atoms with Crippen molar-refractivity contribution >= 4 is 17.6 Å². The molecule has 2 atom stereocenters. The van der Waals surface area contributed by atoms with Crippen LogP contribution >= 0.6 is 0 Å². The first-order valence-corrected chi connectivity index (χ1v) is 8.71. The van der Waals surface area contributed by atoms with Crippen LogP contribution in [0.4, 0.5) is 4.79 Å². The van der Waals surface area contributed by atoms with Gasteiger partial charge in [0, 0.05) is 6.20 Å². The van der Waals surface area contributed by atoms with E-state index in [1.165, 1.54) is 14.0 Å². The van der Waals surface area contributed by atoms with Crippen LogP contribution in [0.3, 0.4) is 0 Å². The molecule has 132 valence electrons. The zero-order valence-electron chi connectivity index (χ0n) is 14.1. The number of nitrogens with zero attached hydrogens (tertiary/aromatic N) is 4. The monoisotopic (exact) mass is 343 g/mol. The summed E-state index contributed by atoms with van der Waals surface area (Å²) in [5, 5.41) is 7.16. The Morgan fingerprint density at radius 2 is 2.08 bits per heavy atom. The van der Waals surface area contributed by atoms with Crippen LogP contribution < -0.4 is 11.0 Å². The van der Waals surface area contributed by atoms with Crippen LogP contribution in [0.25, 0.3) is 5.65 Å². The molecule has 0 aromatic carbocycles. The number of rotatable bonds is 3. The lowest BCUT2D eigenvalue weighted by Crippen LogP contribution is -2.54. The summed E-state index contributed by atoms with van der Waals surface area (Å²) in [6.45, 7) is 2.35. The van der Waals surface area contributed by atoms with Gasteiger partial charge in [-0.1, -0.05) is 25.8 Å². The number of carbonyl (C=O) groups excluding carboxylic acids is 2. The number of hydrogen-bond acceptors (Lipinski definition) is 4. The van der Waals surface area contributed by atoms with Crippen molar-refractivity contribution in [2.75, 3.05) is 6.54 Å². The summed E-state index contributed by atoms with van der Waals surface area (Å²) in [6, 6.07) is 4.93. The zero-order valence-corrected chi connectivity index (χ0v) is 14.1. The first-order valence-electron chi connectivity index (χ1n) is 8.71. The highest BCUT2D eigenvalue weighted by Gasteiger charge is 2.54. The number of carbonyl (C=O) groups is 2. The normalized spacial score (nSPS) is 26.6. The molecule has 1 aliphatic carbocycles. The summed E-state index contributed by atoms with van der Waals surface area (Å²) in [7, 11) is 0. The van der Waals surface area contributed by atoms with E-state index in [-0.39, 0.29) is 36.6 Å². The van der Waals surface area contributed by atoms with Crippen molar-refractivity contribution in [1.29, 1.82) is 0 Å². The van der Waals surface area contributed by atoms with Gasteiger partial charge in [-0.15, -0.1) is 5.10 Å². The van der Waals surface area contributed by atoms with Gasteiger partial charge in [0.25, 0.3) is 5.91 Å². The third-order valence-electron chi connectivity index (χ3n) is 5.53. The van der Waals surface area contributed by atoms with Crippen molar-refractivity contribution in [3.8, 4) is 0 Å². The Labute approximate surface area is 144 Å². The largest absolute Gasteiger partial charge is 0.350 e. The van der Waals surface area contributed by atoms with Gasteiger partial charge in [0.05, 0.1) is 13.1 Å². The molecule has 2 aliphatic rings. The second kappa shape index (κ2) is 5.72. The number of pyridine rings is 1. The zero-order chi connectivity index (χ0) is 17.6. The van der Waals surface area contributed by atoms with Gasteiger partial charge in [0.2, 0.25) is 0 Å². The molecule has 1 N–H and O–H groups in total. The van der Waals surface area contributed by atoms with Crippen LogP contribution in [0.5, 0.6) is 0 Å². The highest BCUT2D eigenvalue weighted by atomic mass is 16.2. The molecule has 3 amide bonds. The quantitative estimate of drug-likeness (QED) is 0.842. The Bertz CT molecular complexity index is 901. The number of fused-ring (bicyclic) bond motifs is 1. The average Bonchev–Trinajstić information content (AvgIpc) is 3.05. The van der Waals surface area contributed by atoms with Crippen molar-refractivity contribution in [2.45, 2.75) is 44.7 Å². The molecule has 0 radical (unpaired) electrons. The molecule has 0 unspecified atom stereocenters. The lowest BCUT2D eigenvalue weighted by atomic mass is 9.73. The van der Waals surface area contributed by atoms with E-state index < -0.39 is 5.54 Å². The number of urea groups is 1. The van der Waals surface area contributed by atoms with Crippen LogP contribution in [0.1, 0.15) is 32.6 Å². The molecule has 3 heterocycles. The molecule has 1 saturated heterocycles. The minimum absolute atomic E-state index is 0.126. The van der Waals surface area contributed by atoms with E-state index >= 15 is 0 Å². The van der Waals surface area contributed by atoms with E-state index in [2.05, 4.69) is 10.4 Å². The van der Waals surface area contributed by atoms with Gasteiger partial charge in [0.15, 0.2) is 5.65 Å². The number of hydrogen-bond donors (Lipinski definition) is 1. The van der Waals surface area contributed by atoms with E-state index in [0.29, 0.717) is 12.1 Å². The predicted molar refractivity (Wildman–Crippen MR) is 90.1 cm³/mol. The molecule has 1 spiro atoms. The molecule has 2 aromatic heterocycles. The molecule has 1 saturated carbocycles. The van der Waals surface area contributed by atoms with Gasteiger partial charge in [-0.25, -0.2) is 14.3 Å². The van der Waals surface area contributed by atoms with Gasteiger partial charge < -0.3 is 5.32 Å². The van der Waals surface area contributed by atoms with Gasteiger partial charge in [-0.2, -0.15) is 0 Å². The van der Waals surface area contributed by atoms with E-state index in [1.807, 2.05) is 6.92 Å². The lowest BCUT2D eigenvalue weighted by molar-refractivity contribution is -0.134. The lowest BCUT2D eigenvalue weighted by Gasteiger charge is -2.36. The van der Waals surface area contributed by atoms with E-state index in [1.54, 1.807) is 24.4 Å². The van der Waals surface area contributed by atoms with Crippen molar-refractivity contribution in [1.82, 2.24) is 24.4 Å². The van der Waals surface area contributed by atoms with Crippen molar-refractivity contribution in [2.24, 2.45) is 5.92 Å². The second-order valence-corrected chi connectivity index (χ2v) is 6.94. The van der Waals surface area contributed by atoms with Crippen molar-refractivity contribution in [3.63, 3.8) is 0 Å². The summed E-state index contributed by atoms with van der Waals surface area (Å²) in [5.41, 5.74) is -0.496. The van der Waals surface area contributed by atoms with Crippen molar-refractivity contribution in [3.05, 3.63) is 34.9 Å². The maximum absolute atomic E-state index is 12.9. The second-order valence-electron chi connectivity index (χ2n) is 6.94. The van der Waals surface area contributed by atoms with E-state index in [0.717, 1.165) is 19.3 Å². The molecule has 4 rings (SSSR count). The van der Waals surface area contributed by atoms with Crippen LogP contribution in [0.2, 0.25) is 0 Å². The smallest absolute Gasteiger partial charge is 0.323 e. The summed E-state index contributed by atoms with van der Waals surface area (Å²) in [4.78, 5) is 38.8. The van der Waals surface area contributed by atoms with Crippen LogP contribution in [-0.4, -0.2) is 43.1 Å². The van der Waals surface area contributed by atoms with Crippen LogP contribution in [-0.2, 0) is 11.3 Å². The van der Waals surface area contributed by atoms with Gasteiger partial charge in [-0.3, -0.25) is 14.1 Å². The summed E-state index contributed by atoms with van der Waals surface area (Å²) >= 11 is 0. The van der Waals surface area contributed by atoms with Crippen molar-refractivity contribution < 1.29 is 9.59 Å². The number of aromatic nitrogens is 3. The summed E-state index contributed by atoms with van der Waals surface area (Å²) in [5.74, 6) is -0.0397. The maximum atomic E-state index is 12.9. The molecule has 8 nitrogen and oxygen atoms in total. The molecule has 8 heteroatoms. The highest BCUT2D eigenvalue weighted by Crippen LogP contribution is 2.38. The molecule has 2 fully saturated rings. The van der Waals surface area contributed by atoms with Gasteiger partial charge >= 0.3 is 11.7 Å². The first-order chi connectivity index (χ1) is 12.0. The fourth-order valence-electron chi connectivity index (χ4n) is 4.01. The number of amides is 3. The Balaban J connectivity index is 1.54. The Morgan fingerprint density at radius 3 is 2.84 bits per heavy atom. The minimum atomic E-state index is -0.765. The molecule has 1 aliphatic heterocycles. The predicted octanol–water partition coefficient (Wildman–Crippen LogP) is 0.997. The fourth-order valence-corrected chi connectivity index (χ4v) is 4.01. The average molecular weight is 343 g/mol. The van der Waals surface area contributed by atoms with Gasteiger partial charge in [-0.05, 0) is 30.9 Å². The van der Waals surface area contributed by atoms with Crippen LogP contribution in [0.15, 0.2) is 29.2 Å². The van der Waals surface area contributed by atoms with E-state index in [9.17, 15) is 14.4 Å². The molecule has 2 aromatic rings. The summed E-state index contributed by atoms with van der Waals surface area (Å²) < 4.78 is 2.74. The summed E-state index contributed by atoms with van der Waals surface area (Å²) in [6.07, 6.45) is 5.29.